The van der Waals surface area contributed by atoms with Crippen LogP contribution in [0.2, 0.25) is 0 Å². The molecule has 0 bridgehead atoms. The minimum atomic E-state index is -0.680. The van der Waals surface area contributed by atoms with Gasteiger partial charge in [0.25, 0.3) is 0 Å². The molecule has 1 aromatic rings. The number of benzene rings is 1. The van der Waals surface area contributed by atoms with Crippen molar-refractivity contribution in [2.45, 2.75) is 31.6 Å². The molecular formula is C15H15F2N. The summed E-state index contributed by atoms with van der Waals surface area (Å²) in [6.45, 7) is 0. The van der Waals surface area contributed by atoms with E-state index in [0.717, 1.165) is 31.2 Å². The van der Waals surface area contributed by atoms with Crippen LogP contribution >= 0.6 is 0 Å². The predicted molar refractivity (Wildman–Crippen MR) is 65.9 cm³/mol. The van der Waals surface area contributed by atoms with E-state index in [-0.39, 0.29) is 11.7 Å². The Bertz CT molecular complexity index is 462. The fourth-order valence-corrected chi connectivity index (χ4v) is 2.60. The molecule has 1 fully saturated rings. The van der Waals surface area contributed by atoms with Crippen molar-refractivity contribution < 1.29 is 8.78 Å². The minimum Gasteiger partial charge on any atom is -0.207 e. The van der Waals surface area contributed by atoms with Crippen LogP contribution in [0.15, 0.2) is 36.2 Å². The van der Waals surface area contributed by atoms with Crippen LogP contribution in [0.25, 0.3) is 0 Å². The summed E-state index contributed by atoms with van der Waals surface area (Å²) in [6, 6.07) is 8.13. The summed E-state index contributed by atoms with van der Waals surface area (Å²) in [4.78, 5) is 0. The lowest BCUT2D eigenvalue weighted by molar-refractivity contribution is 0.372. The first-order valence-corrected chi connectivity index (χ1v) is 6.22. The number of hydrogen-bond donors (Lipinski definition) is 0. The van der Waals surface area contributed by atoms with Crippen LogP contribution in [0.1, 0.15) is 37.2 Å². The Morgan fingerprint density at radius 1 is 1.17 bits per heavy atom. The number of nitriles is 1. The molecule has 1 aliphatic rings. The number of rotatable bonds is 2. The van der Waals surface area contributed by atoms with Crippen LogP contribution in [0, 0.1) is 23.1 Å². The Hall–Kier alpha value is -1.69. The summed E-state index contributed by atoms with van der Waals surface area (Å²) in [5.74, 6) is -0.298. The molecule has 0 N–H and O–H groups in total. The van der Waals surface area contributed by atoms with E-state index in [0.29, 0.717) is 5.92 Å². The molecule has 0 saturated heterocycles. The van der Waals surface area contributed by atoms with Crippen LogP contribution in [0.5, 0.6) is 0 Å². The maximum Gasteiger partial charge on any atom is 0.196 e. The van der Waals surface area contributed by atoms with Gasteiger partial charge in [-0.25, -0.2) is 4.39 Å². The third-order valence-corrected chi connectivity index (χ3v) is 3.60. The predicted octanol–water partition coefficient (Wildman–Crippen LogP) is 4.48. The molecule has 1 saturated carbocycles. The molecule has 1 nitrogen and oxygen atoms in total. The Morgan fingerprint density at radius 3 is 2.33 bits per heavy atom. The average molecular weight is 247 g/mol. The first kappa shape index (κ1) is 12.8. The summed E-state index contributed by atoms with van der Waals surface area (Å²) in [5.41, 5.74) is 1.15. The van der Waals surface area contributed by atoms with Crippen molar-refractivity contribution in [2.75, 3.05) is 0 Å². The largest absolute Gasteiger partial charge is 0.207 e. The molecular weight excluding hydrogens is 232 g/mol. The number of hydrogen-bond acceptors (Lipinski definition) is 1. The van der Waals surface area contributed by atoms with E-state index in [9.17, 15) is 8.78 Å². The average Bonchev–Trinajstić information content (AvgIpc) is 2.40. The summed E-state index contributed by atoms with van der Waals surface area (Å²) in [7, 11) is 0. The summed E-state index contributed by atoms with van der Waals surface area (Å²) < 4.78 is 25.7. The van der Waals surface area contributed by atoms with Gasteiger partial charge in [0.2, 0.25) is 0 Å². The first-order valence-electron chi connectivity index (χ1n) is 6.22. The van der Waals surface area contributed by atoms with Crippen molar-refractivity contribution in [3.63, 3.8) is 0 Å². The molecule has 0 unspecified atom stereocenters. The van der Waals surface area contributed by atoms with Crippen LogP contribution in [-0.4, -0.2) is 0 Å². The highest BCUT2D eigenvalue weighted by atomic mass is 19.1. The number of nitrogens with zero attached hydrogens (tertiary/aromatic N) is 1. The molecule has 0 radical (unpaired) electrons. The standard InChI is InChI=1S/C15H15F2N/c16-14-7-5-13(6-8-14)12-3-1-11(2-4-12)9-15(17)10-18/h5-9,11-12H,1-4H2/b15-9-/t11-,12-. The van der Waals surface area contributed by atoms with Gasteiger partial charge in [0.1, 0.15) is 11.9 Å². The molecule has 0 amide bonds. The fraction of sp³-hybridized carbons (Fsp3) is 0.400. The van der Waals surface area contributed by atoms with Gasteiger partial charge in [-0.05, 0) is 61.3 Å². The van der Waals surface area contributed by atoms with Gasteiger partial charge >= 0.3 is 0 Å². The van der Waals surface area contributed by atoms with Gasteiger partial charge in [-0.1, -0.05) is 12.1 Å². The molecule has 0 heterocycles. The van der Waals surface area contributed by atoms with Crippen molar-refractivity contribution in [3.05, 3.63) is 47.5 Å². The lowest BCUT2D eigenvalue weighted by Crippen LogP contribution is -2.12. The Kier molecular flexibility index (Phi) is 4.09. The van der Waals surface area contributed by atoms with Crippen molar-refractivity contribution >= 4 is 0 Å². The van der Waals surface area contributed by atoms with E-state index >= 15 is 0 Å². The Morgan fingerprint density at radius 2 is 1.78 bits per heavy atom. The van der Waals surface area contributed by atoms with Crippen molar-refractivity contribution in [3.8, 4) is 6.07 Å². The molecule has 3 heteroatoms. The highest BCUT2D eigenvalue weighted by Gasteiger charge is 2.21. The third-order valence-electron chi connectivity index (χ3n) is 3.60. The third kappa shape index (κ3) is 3.16. The second-order valence-corrected chi connectivity index (χ2v) is 4.79. The van der Waals surface area contributed by atoms with E-state index in [4.69, 9.17) is 5.26 Å². The first-order chi connectivity index (χ1) is 8.69. The monoisotopic (exact) mass is 247 g/mol. The number of allylic oxidation sites excluding steroid dienone is 2. The van der Waals surface area contributed by atoms with E-state index < -0.39 is 5.83 Å². The topological polar surface area (TPSA) is 23.8 Å². The molecule has 1 aliphatic carbocycles. The lowest BCUT2D eigenvalue weighted by Gasteiger charge is -2.26. The maximum atomic E-state index is 12.8. The maximum absolute atomic E-state index is 12.8. The molecule has 1 aromatic carbocycles. The van der Waals surface area contributed by atoms with Gasteiger partial charge < -0.3 is 0 Å². The zero-order valence-corrected chi connectivity index (χ0v) is 10.1. The van der Waals surface area contributed by atoms with E-state index in [1.807, 2.05) is 12.1 Å². The van der Waals surface area contributed by atoms with Gasteiger partial charge in [-0.2, -0.15) is 9.65 Å². The van der Waals surface area contributed by atoms with Gasteiger partial charge in [-0.15, -0.1) is 0 Å². The molecule has 0 spiro atoms. The quantitative estimate of drug-likeness (QED) is 0.707. The van der Waals surface area contributed by atoms with Crippen LogP contribution in [0.4, 0.5) is 8.78 Å². The molecule has 0 atom stereocenters. The van der Waals surface area contributed by atoms with Gasteiger partial charge in [0.15, 0.2) is 5.83 Å². The second kappa shape index (κ2) is 5.77. The van der Waals surface area contributed by atoms with E-state index in [1.165, 1.54) is 24.3 Å². The summed E-state index contributed by atoms with van der Waals surface area (Å²) in [6.07, 6.45) is 5.13. The second-order valence-electron chi connectivity index (χ2n) is 4.79. The zero-order valence-electron chi connectivity index (χ0n) is 10.1. The Labute approximate surface area is 106 Å². The molecule has 0 aromatic heterocycles. The minimum absolute atomic E-state index is 0.168. The Balaban J connectivity index is 1.95. The zero-order chi connectivity index (χ0) is 13.0. The van der Waals surface area contributed by atoms with Crippen molar-refractivity contribution in [1.82, 2.24) is 0 Å². The smallest absolute Gasteiger partial charge is 0.196 e. The molecule has 0 aliphatic heterocycles. The van der Waals surface area contributed by atoms with Gasteiger partial charge in [-0.3, -0.25) is 0 Å². The van der Waals surface area contributed by atoms with Crippen LogP contribution in [0.3, 0.4) is 0 Å². The fourth-order valence-electron chi connectivity index (χ4n) is 2.60. The number of halogens is 2. The molecule has 2 rings (SSSR count). The molecule has 94 valence electrons. The van der Waals surface area contributed by atoms with Crippen LogP contribution in [-0.2, 0) is 0 Å². The van der Waals surface area contributed by atoms with Crippen LogP contribution < -0.4 is 0 Å². The summed E-state index contributed by atoms with van der Waals surface area (Å²) >= 11 is 0. The van der Waals surface area contributed by atoms with E-state index in [2.05, 4.69) is 0 Å². The summed E-state index contributed by atoms with van der Waals surface area (Å²) in [5, 5.41) is 8.39. The van der Waals surface area contributed by atoms with E-state index in [1.54, 1.807) is 0 Å². The van der Waals surface area contributed by atoms with Gasteiger partial charge in [0.05, 0.1) is 0 Å². The molecule has 18 heavy (non-hydrogen) atoms. The highest BCUT2D eigenvalue weighted by Crippen LogP contribution is 2.36. The van der Waals surface area contributed by atoms with Gasteiger partial charge in [0, 0.05) is 0 Å². The van der Waals surface area contributed by atoms with Crippen molar-refractivity contribution in [2.24, 2.45) is 5.92 Å². The SMILES string of the molecule is N#C/C(F)=C/[C@H]1CC[C@H](c2ccc(F)cc2)CC1. The highest BCUT2D eigenvalue weighted by molar-refractivity contribution is 5.21. The lowest BCUT2D eigenvalue weighted by atomic mass is 9.78. The van der Waals surface area contributed by atoms with Crippen molar-refractivity contribution in [1.29, 1.82) is 5.26 Å². The normalized spacial score (nSPS) is 24.6.